The summed E-state index contributed by atoms with van der Waals surface area (Å²) in [5, 5.41) is 11.3. The maximum Gasteiger partial charge on any atom is 0.300 e. The van der Waals surface area contributed by atoms with Gasteiger partial charge in [-0.05, 0) is 87.0 Å². The first-order valence-corrected chi connectivity index (χ1v) is 11.8. The Morgan fingerprint density at radius 2 is 1.61 bits per heavy atom. The summed E-state index contributed by atoms with van der Waals surface area (Å²) in [5.41, 5.74) is 1.55. The first kappa shape index (κ1) is 24.9. The summed E-state index contributed by atoms with van der Waals surface area (Å²) in [5.74, 6) is 0.108. The van der Waals surface area contributed by atoms with Crippen LogP contribution >= 0.6 is 0 Å². The number of amides is 1. The molecule has 1 aliphatic heterocycles. The second kappa shape index (κ2) is 10.6. The Morgan fingerprint density at radius 1 is 0.944 bits per heavy atom. The lowest BCUT2D eigenvalue weighted by Crippen LogP contribution is -2.29. The number of Topliss-reactive ketones (excluding diaryl/α,β-unsaturated/α-hetero) is 1. The third-order valence-corrected chi connectivity index (χ3v) is 5.78. The monoisotopic (exact) mass is 487 g/mol. The van der Waals surface area contributed by atoms with Crippen LogP contribution in [0.5, 0.6) is 17.2 Å². The predicted molar refractivity (Wildman–Crippen MR) is 138 cm³/mol. The van der Waals surface area contributed by atoms with Gasteiger partial charge < -0.3 is 19.3 Å². The number of ether oxygens (including phenoxy) is 3. The Kier molecular flexibility index (Phi) is 7.29. The predicted octanol–water partition coefficient (Wildman–Crippen LogP) is 5.51. The van der Waals surface area contributed by atoms with E-state index in [1.807, 2.05) is 32.9 Å². The van der Waals surface area contributed by atoms with Gasteiger partial charge in [0.05, 0.1) is 31.4 Å². The largest absolute Gasteiger partial charge is 0.507 e. The Hall–Kier alpha value is -4.26. The van der Waals surface area contributed by atoms with Gasteiger partial charge in [0, 0.05) is 11.3 Å². The SMILES string of the molecule is CCOc1ccc(N2C(=O)C(=O)/C(=C(\O)c3ccc(OC)cc3)C2c2cccc(OC(C)C)c2)cc1. The van der Waals surface area contributed by atoms with Crippen molar-refractivity contribution in [1.82, 2.24) is 0 Å². The molecule has 1 aliphatic rings. The molecule has 4 rings (SSSR count). The summed E-state index contributed by atoms with van der Waals surface area (Å²) in [6.45, 7) is 6.23. The van der Waals surface area contributed by atoms with Gasteiger partial charge in [-0.15, -0.1) is 0 Å². The average Bonchev–Trinajstić information content (AvgIpc) is 3.14. The van der Waals surface area contributed by atoms with E-state index >= 15 is 0 Å². The number of carbonyl (C=O) groups is 2. The number of hydrogen-bond donors (Lipinski definition) is 1. The van der Waals surface area contributed by atoms with Gasteiger partial charge in [-0.2, -0.15) is 0 Å². The Labute approximate surface area is 210 Å². The molecule has 0 radical (unpaired) electrons. The van der Waals surface area contributed by atoms with E-state index < -0.39 is 17.7 Å². The van der Waals surface area contributed by atoms with E-state index in [0.29, 0.717) is 40.7 Å². The Morgan fingerprint density at radius 3 is 2.22 bits per heavy atom. The van der Waals surface area contributed by atoms with Crippen LogP contribution < -0.4 is 19.1 Å². The average molecular weight is 488 g/mol. The van der Waals surface area contributed by atoms with Gasteiger partial charge in [-0.1, -0.05) is 12.1 Å². The highest BCUT2D eigenvalue weighted by atomic mass is 16.5. The lowest BCUT2D eigenvalue weighted by Gasteiger charge is -2.26. The van der Waals surface area contributed by atoms with Crippen molar-refractivity contribution < 1.29 is 28.9 Å². The van der Waals surface area contributed by atoms with Crippen molar-refractivity contribution in [3.05, 3.63) is 89.5 Å². The van der Waals surface area contributed by atoms with Gasteiger partial charge in [0.15, 0.2) is 0 Å². The molecule has 1 saturated heterocycles. The van der Waals surface area contributed by atoms with Crippen molar-refractivity contribution in [1.29, 1.82) is 0 Å². The molecule has 7 nitrogen and oxygen atoms in total. The molecule has 1 atom stereocenters. The van der Waals surface area contributed by atoms with Gasteiger partial charge in [0.25, 0.3) is 11.7 Å². The normalized spacial score (nSPS) is 16.9. The van der Waals surface area contributed by atoms with Gasteiger partial charge >= 0.3 is 0 Å². The summed E-state index contributed by atoms with van der Waals surface area (Å²) >= 11 is 0. The van der Waals surface area contributed by atoms with Crippen LogP contribution in [-0.4, -0.2) is 36.6 Å². The lowest BCUT2D eigenvalue weighted by atomic mass is 9.95. The van der Waals surface area contributed by atoms with E-state index in [4.69, 9.17) is 14.2 Å². The zero-order valence-electron chi connectivity index (χ0n) is 20.7. The second-order valence-electron chi connectivity index (χ2n) is 8.56. The highest BCUT2D eigenvalue weighted by Gasteiger charge is 2.47. The minimum atomic E-state index is -0.860. The van der Waals surface area contributed by atoms with Crippen LogP contribution in [0.25, 0.3) is 5.76 Å². The van der Waals surface area contributed by atoms with Gasteiger partial charge in [0.1, 0.15) is 23.0 Å². The van der Waals surface area contributed by atoms with Crippen molar-refractivity contribution in [2.45, 2.75) is 32.9 Å². The third kappa shape index (κ3) is 4.91. The van der Waals surface area contributed by atoms with Crippen LogP contribution in [0, 0.1) is 0 Å². The first-order chi connectivity index (χ1) is 17.3. The molecule has 0 aliphatic carbocycles. The maximum atomic E-state index is 13.4. The molecule has 0 saturated carbocycles. The number of aliphatic hydroxyl groups excluding tert-OH is 1. The van der Waals surface area contributed by atoms with Crippen LogP contribution in [0.15, 0.2) is 78.4 Å². The van der Waals surface area contributed by atoms with Crippen molar-refractivity contribution >= 4 is 23.1 Å². The molecule has 3 aromatic rings. The quantitative estimate of drug-likeness (QED) is 0.256. The highest BCUT2D eigenvalue weighted by molar-refractivity contribution is 6.51. The van der Waals surface area contributed by atoms with Gasteiger partial charge in [-0.25, -0.2) is 0 Å². The fourth-order valence-corrected chi connectivity index (χ4v) is 4.22. The molecule has 0 aromatic heterocycles. The van der Waals surface area contributed by atoms with Crippen molar-refractivity contribution in [3.8, 4) is 17.2 Å². The molecular formula is C29H29NO6. The fraction of sp³-hybridized carbons (Fsp3) is 0.241. The van der Waals surface area contributed by atoms with E-state index in [2.05, 4.69) is 0 Å². The number of hydrogen-bond acceptors (Lipinski definition) is 6. The Bertz CT molecular complexity index is 1280. The summed E-state index contributed by atoms with van der Waals surface area (Å²) < 4.78 is 16.6. The number of carbonyl (C=O) groups excluding carboxylic acids is 2. The van der Waals surface area contributed by atoms with Crippen molar-refractivity contribution in [3.63, 3.8) is 0 Å². The zero-order chi connectivity index (χ0) is 25.8. The molecular weight excluding hydrogens is 458 g/mol. The molecule has 1 unspecified atom stereocenters. The lowest BCUT2D eigenvalue weighted by molar-refractivity contribution is -0.132. The molecule has 186 valence electrons. The maximum absolute atomic E-state index is 13.4. The molecule has 1 N–H and O–H groups in total. The number of nitrogens with zero attached hydrogens (tertiary/aromatic N) is 1. The first-order valence-electron chi connectivity index (χ1n) is 11.8. The van der Waals surface area contributed by atoms with Crippen LogP contribution in [0.2, 0.25) is 0 Å². The smallest absolute Gasteiger partial charge is 0.300 e. The molecule has 1 heterocycles. The number of methoxy groups -OCH3 is 1. The van der Waals surface area contributed by atoms with Gasteiger partial charge in [0.2, 0.25) is 0 Å². The van der Waals surface area contributed by atoms with E-state index in [1.165, 1.54) is 4.90 Å². The van der Waals surface area contributed by atoms with Crippen LogP contribution in [-0.2, 0) is 9.59 Å². The second-order valence-corrected chi connectivity index (χ2v) is 8.56. The van der Waals surface area contributed by atoms with Crippen LogP contribution in [0.3, 0.4) is 0 Å². The summed E-state index contributed by atoms with van der Waals surface area (Å²) in [7, 11) is 1.55. The van der Waals surface area contributed by atoms with Crippen molar-refractivity contribution in [2.24, 2.45) is 0 Å². The van der Waals surface area contributed by atoms with E-state index in [0.717, 1.165) is 0 Å². The number of ketones is 1. The number of aliphatic hydroxyl groups is 1. The van der Waals surface area contributed by atoms with Gasteiger partial charge in [-0.3, -0.25) is 14.5 Å². The minimum Gasteiger partial charge on any atom is -0.507 e. The summed E-state index contributed by atoms with van der Waals surface area (Å²) in [6, 6.07) is 20.0. The summed E-state index contributed by atoms with van der Waals surface area (Å²) in [4.78, 5) is 28.1. The van der Waals surface area contributed by atoms with Crippen LogP contribution in [0.1, 0.15) is 37.9 Å². The number of benzene rings is 3. The molecule has 0 spiro atoms. The molecule has 3 aromatic carbocycles. The van der Waals surface area contributed by atoms with E-state index in [-0.39, 0.29) is 17.4 Å². The molecule has 7 heteroatoms. The van der Waals surface area contributed by atoms with Crippen LogP contribution in [0.4, 0.5) is 5.69 Å². The fourth-order valence-electron chi connectivity index (χ4n) is 4.22. The van der Waals surface area contributed by atoms with E-state index in [9.17, 15) is 14.7 Å². The molecule has 36 heavy (non-hydrogen) atoms. The number of rotatable bonds is 8. The highest BCUT2D eigenvalue weighted by Crippen LogP contribution is 2.43. The third-order valence-electron chi connectivity index (χ3n) is 5.78. The molecule has 1 amide bonds. The zero-order valence-corrected chi connectivity index (χ0v) is 20.7. The minimum absolute atomic E-state index is 0.000693. The Balaban J connectivity index is 1.88. The summed E-state index contributed by atoms with van der Waals surface area (Å²) in [6.07, 6.45) is -0.0583. The van der Waals surface area contributed by atoms with E-state index in [1.54, 1.807) is 67.8 Å². The molecule has 0 bridgehead atoms. The topological polar surface area (TPSA) is 85.3 Å². The molecule has 1 fully saturated rings. The standard InChI is InChI=1S/C29H29NO6/c1-5-35-23-15-11-21(12-16-23)30-26(20-7-6-8-24(17-20)36-18(2)3)25(28(32)29(30)33)27(31)19-9-13-22(34-4)14-10-19/h6-18,26,31H,5H2,1-4H3/b27-25-. The van der Waals surface area contributed by atoms with Crippen molar-refractivity contribution in [2.75, 3.05) is 18.6 Å². The number of anilines is 1.